The van der Waals surface area contributed by atoms with Crippen LogP contribution in [-0.4, -0.2) is 18.5 Å². The fraction of sp³-hybridized carbons (Fsp3) is 0.250. The Morgan fingerprint density at radius 2 is 1.83 bits per heavy atom. The summed E-state index contributed by atoms with van der Waals surface area (Å²) in [6.07, 6.45) is 3.22. The van der Waals surface area contributed by atoms with Gasteiger partial charge in [0, 0.05) is 21.9 Å². The lowest BCUT2D eigenvalue weighted by molar-refractivity contribution is -0.111. The summed E-state index contributed by atoms with van der Waals surface area (Å²) in [6.45, 7) is 8.52. The second-order valence-electron chi connectivity index (χ2n) is 7.74. The number of hydrogen-bond acceptors (Lipinski definition) is 5. The molecule has 0 saturated heterocycles. The van der Waals surface area contributed by atoms with E-state index in [1.54, 1.807) is 24.3 Å². The molecule has 30 heavy (non-hydrogen) atoms. The summed E-state index contributed by atoms with van der Waals surface area (Å²) in [5.41, 5.74) is 3.33. The smallest absolute Gasteiger partial charge is 0.341 e. The number of nitrogens with one attached hydrogen (secondary N) is 1. The minimum absolute atomic E-state index is 0.0468. The molecule has 1 aromatic carbocycles. The highest BCUT2D eigenvalue weighted by atomic mass is 32.1. The third-order valence-corrected chi connectivity index (χ3v) is 6.24. The van der Waals surface area contributed by atoms with Gasteiger partial charge in [0.05, 0.1) is 6.61 Å². The van der Waals surface area contributed by atoms with Crippen molar-refractivity contribution >= 4 is 45.6 Å². The minimum atomic E-state index is -0.439. The molecule has 0 radical (unpaired) electrons. The van der Waals surface area contributed by atoms with Crippen LogP contribution in [0.25, 0.3) is 17.2 Å². The molecule has 0 bridgehead atoms. The Balaban J connectivity index is 1.90. The highest BCUT2D eigenvalue weighted by molar-refractivity contribution is 7.15. The SMILES string of the molecule is CCOC(=O)c1c(-c2ccc(C(C)(C)C)cc2)csc1NC(=O)C=Cc1cccs1. The van der Waals surface area contributed by atoms with E-state index >= 15 is 0 Å². The van der Waals surface area contributed by atoms with Crippen LogP contribution in [0.3, 0.4) is 0 Å². The number of carbonyl (C=O) groups is 2. The van der Waals surface area contributed by atoms with E-state index < -0.39 is 5.97 Å². The van der Waals surface area contributed by atoms with Crippen LogP contribution >= 0.6 is 22.7 Å². The van der Waals surface area contributed by atoms with Crippen molar-refractivity contribution in [1.82, 2.24) is 0 Å². The first-order chi connectivity index (χ1) is 14.3. The van der Waals surface area contributed by atoms with Gasteiger partial charge in [-0.3, -0.25) is 4.79 Å². The molecule has 0 spiro atoms. The molecule has 0 unspecified atom stereocenters. The van der Waals surface area contributed by atoms with Gasteiger partial charge in [-0.2, -0.15) is 0 Å². The first-order valence-corrected chi connectivity index (χ1v) is 11.5. The first kappa shape index (κ1) is 22.0. The Morgan fingerprint density at radius 3 is 2.43 bits per heavy atom. The zero-order valence-corrected chi connectivity index (χ0v) is 19.2. The van der Waals surface area contributed by atoms with Crippen LogP contribution in [0, 0.1) is 0 Å². The quantitative estimate of drug-likeness (QED) is 0.348. The highest BCUT2D eigenvalue weighted by Gasteiger charge is 2.23. The van der Waals surface area contributed by atoms with Gasteiger partial charge in [-0.05, 0) is 41.0 Å². The second-order valence-corrected chi connectivity index (χ2v) is 9.60. The molecule has 2 heterocycles. The summed E-state index contributed by atoms with van der Waals surface area (Å²) in [5, 5.41) is 7.16. The van der Waals surface area contributed by atoms with E-state index in [2.05, 4.69) is 38.2 Å². The predicted octanol–water partition coefficient (Wildman–Crippen LogP) is 6.60. The number of hydrogen-bond donors (Lipinski definition) is 1. The summed E-state index contributed by atoms with van der Waals surface area (Å²) in [4.78, 5) is 26.1. The van der Waals surface area contributed by atoms with Gasteiger partial charge in [0.15, 0.2) is 0 Å². The predicted molar refractivity (Wildman–Crippen MR) is 126 cm³/mol. The van der Waals surface area contributed by atoms with Crippen LogP contribution in [0.1, 0.15) is 48.5 Å². The monoisotopic (exact) mass is 439 g/mol. The number of esters is 1. The van der Waals surface area contributed by atoms with Gasteiger partial charge in [0.2, 0.25) is 5.91 Å². The average Bonchev–Trinajstić information content (AvgIpc) is 3.36. The molecule has 0 aliphatic rings. The van der Waals surface area contributed by atoms with Crippen LogP contribution in [0.5, 0.6) is 0 Å². The van der Waals surface area contributed by atoms with Crippen molar-refractivity contribution in [1.29, 1.82) is 0 Å². The fourth-order valence-corrected chi connectivity index (χ4v) is 4.49. The van der Waals surface area contributed by atoms with Gasteiger partial charge in [-0.15, -0.1) is 22.7 Å². The van der Waals surface area contributed by atoms with E-state index in [0.29, 0.717) is 10.6 Å². The Hall–Kier alpha value is -2.70. The molecule has 1 amide bonds. The maximum absolute atomic E-state index is 12.7. The Morgan fingerprint density at radius 1 is 1.10 bits per heavy atom. The van der Waals surface area contributed by atoms with Crippen molar-refractivity contribution in [3.05, 3.63) is 69.2 Å². The van der Waals surface area contributed by atoms with Gasteiger partial charge in [-0.25, -0.2) is 4.79 Å². The van der Waals surface area contributed by atoms with Crippen LogP contribution in [0.4, 0.5) is 5.00 Å². The molecule has 3 aromatic rings. The summed E-state index contributed by atoms with van der Waals surface area (Å²) >= 11 is 2.87. The number of thiophene rings is 2. The summed E-state index contributed by atoms with van der Waals surface area (Å²) in [7, 11) is 0. The molecule has 0 atom stereocenters. The van der Waals surface area contributed by atoms with E-state index in [-0.39, 0.29) is 17.9 Å². The molecular formula is C24H25NO3S2. The van der Waals surface area contributed by atoms with Crippen molar-refractivity contribution in [2.24, 2.45) is 0 Å². The maximum atomic E-state index is 12.7. The second kappa shape index (κ2) is 9.41. The van der Waals surface area contributed by atoms with E-state index in [0.717, 1.165) is 16.0 Å². The van der Waals surface area contributed by atoms with Crippen molar-refractivity contribution < 1.29 is 14.3 Å². The molecule has 3 rings (SSSR count). The number of anilines is 1. The van der Waals surface area contributed by atoms with Crippen LogP contribution in [0.15, 0.2) is 53.2 Å². The van der Waals surface area contributed by atoms with Gasteiger partial charge >= 0.3 is 5.97 Å². The summed E-state index contributed by atoms with van der Waals surface area (Å²) in [6, 6.07) is 12.0. The third-order valence-electron chi connectivity index (χ3n) is 4.51. The van der Waals surface area contributed by atoms with E-state index in [1.807, 2.05) is 35.0 Å². The van der Waals surface area contributed by atoms with Crippen LogP contribution in [-0.2, 0) is 14.9 Å². The molecule has 0 aliphatic heterocycles. The van der Waals surface area contributed by atoms with Crippen LogP contribution < -0.4 is 5.32 Å². The van der Waals surface area contributed by atoms with E-state index in [1.165, 1.54) is 23.0 Å². The van der Waals surface area contributed by atoms with E-state index in [4.69, 9.17) is 4.74 Å². The topological polar surface area (TPSA) is 55.4 Å². The number of benzene rings is 1. The van der Waals surface area contributed by atoms with Gasteiger partial charge in [-0.1, -0.05) is 51.1 Å². The van der Waals surface area contributed by atoms with E-state index in [9.17, 15) is 9.59 Å². The number of carbonyl (C=O) groups excluding carboxylic acids is 2. The Bertz CT molecular complexity index is 1040. The lowest BCUT2D eigenvalue weighted by Gasteiger charge is -2.19. The molecule has 0 aliphatic carbocycles. The molecule has 4 nitrogen and oxygen atoms in total. The third kappa shape index (κ3) is 5.26. The van der Waals surface area contributed by atoms with Gasteiger partial charge in [0.1, 0.15) is 10.6 Å². The Labute approximate surface area is 185 Å². The normalized spacial score (nSPS) is 11.6. The number of amides is 1. The van der Waals surface area contributed by atoms with Crippen molar-refractivity contribution in [3.63, 3.8) is 0 Å². The molecule has 0 saturated carbocycles. The highest BCUT2D eigenvalue weighted by Crippen LogP contribution is 2.37. The van der Waals surface area contributed by atoms with Crippen molar-refractivity contribution in [3.8, 4) is 11.1 Å². The minimum Gasteiger partial charge on any atom is -0.462 e. The fourth-order valence-electron chi connectivity index (χ4n) is 2.92. The zero-order valence-electron chi connectivity index (χ0n) is 17.5. The average molecular weight is 440 g/mol. The number of ether oxygens (including phenoxy) is 1. The molecule has 1 N–H and O–H groups in total. The lowest BCUT2D eigenvalue weighted by Crippen LogP contribution is -2.12. The molecular weight excluding hydrogens is 414 g/mol. The van der Waals surface area contributed by atoms with Crippen molar-refractivity contribution in [2.75, 3.05) is 11.9 Å². The lowest BCUT2D eigenvalue weighted by atomic mass is 9.86. The summed E-state index contributed by atoms with van der Waals surface area (Å²) < 4.78 is 5.27. The first-order valence-electron chi connectivity index (χ1n) is 9.71. The molecule has 2 aromatic heterocycles. The maximum Gasteiger partial charge on any atom is 0.341 e. The Kier molecular flexibility index (Phi) is 6.90. The van der Waals surface area contributed by atoms with Gasteiger partial charge in [0.25, 0.3) is 0 Å². The summed E-state index contributed by atoms with van der Waals surface area (Å²) in [5.74, 6) is -0.725. The standard InChI is InChI=1S/C24H25NO3S2/c1-5-28-23(27)21-19(16-8-10-17(11-9-16)24(2,3)4)15-30-22(21)25-20(26)13-12-18-7-6-14-29-18/h6-15H,5H2,1-4H3,(H,25,26). The van der Waals surface area contributed by atoms with Crippen LogP contribution in [0.2, 0.25) is 0 Å². The molecule has 6 heteroatoms. The number of rotatable bonds is 6. The molecule has 156 valence electrons. The van der Waals surface area contributed by atoms with Gasteiger partial charge < -0.3 is 10.1 Å². The zero-order chi connectivity index (χ0) is 21.7. The molecule has 0 fully saturated rings. The van der Waals surface area contributed by atoms with Crippen molar-refractivity contribution in [2.45, 2.75) is 33.1 Å². The largest absolute Gasteiger partial charge is 0.462 e.